The molecule has 0 saturated heterocycles. The minimum atomic E-state index is -1.60. The number of esters is 2. The molecule has 0 fully saturated rings. The van der Waals surface area contributed by atoms with E-state index < -0.39 is 23.3 Å². The van der Waals surface area contributed by atoms with Crippen LogP contribution in [0.1, 0.15) is 31.1 Å². The molecule has 0 radical (unpaired) electrons. The number of hydrogen-bond donors (Lipinski definition) is 1. The first-order chi connectivity index (χ1) is 10.6. The molecule has 6 nitrogen and oxygen atoms in total. The number of carbonyl (C=O) groups is 3. The van der Waals surface area contributed by atoms with E-state index in [9.17, 15) is 19.5 Å². The van der Waals surface area contributed by atoms with E-state index in [0.29, 0.717) is 0 Å². The maximum Gasteiger partial charge on any atom is 0.338 e. The average Bonchev–Trinajstić information content (AvgIpc) is 2.46. The molecule has 0 atom stereocenters. The van der Waals surface area contributed by atoms with Gasteiger partial charge in [0.1, 0.15) is 5.60 Å². The number of ether oxygens (including phenoxy) is 2. The predicted molar refractivity (Wildman–Crippen MR) is 83.4 cm³/mol. The van der Waals surface area contributed by atoms with Gasteiger partial charge in [0.05, 0.1) is 0 Å². The Kier molecular flexibility index (Phi) is 5.59. The highest BCUT2D eigenvalue weighted by Gasteiger charge is 2.26. The lowest BCUT2D eigenvalue weighted by Crippen LogP contribution is -2.31. The van der Waals surface area contributed by atoms with E-state index in [1.165, 1.54) is 39.0 Å². The first kappa shape index (κ1) is 18.3. The number of aliphatic hydroxyl groups is 1. The van der Waals surface area contributed by atoms with Gasteiger partial charge in [-0.2, -0.15) is 0 Å². The van der Waals surface area contributed by atoms with E-state index in [1.807, 2.05) is 0 Å². The Morgan fingerprint density at radius 1 is 1.17 bits per heavy atom. The van der Waals surface area contributed by atoms with Gasteiger partial charge in [0, 0.05) is 17.2 Å². The van der Waals surface area contributed by atoms with Crippen LogP contribution in [-0.2, 0) is 9.59 Å². The van der Waals surface area contributed by atoms with Crippen LogP contribution < -0.4 is 9.47 Å². The summed E-state index contributed by atoms with van der Waals surface area (Å²) in [6, 6.07) is 3.86. The highest BCUT2D eigenvalue weighted by molar-refractivity contribution is 6.02. The van der Waals surface area contributed by atoms with Crippen molar-refractivity contribution in [3.63, 3.8) is 0 Å². The SMILES string of the molecule is C=CC(=O)Oc1cc(C(=O)C(C)(C)O)ccc1OC(=O)C(=C)C. The third-order valence-corrected chi connectivity index (χ3v) is 2.69. The second kappa shape index (κ2) is 7.02. The molecule has 23 heavy (non-hydrogen) atoms. The smallest absolute Gasteiger partial charge is 0.338 e. The monoisotopic (exact) mass is 318 g/mol. The number of rotatable bonds is 6. The standard InChI is InChI=1S/C17H18O6/c1-6-14(18)22-13-9-11(15(19)17(4,5)21)7-8-12(13)23-16(20)10(2)3/h6-9,21H,1-2H2,3-5H3. The lowest BCUT2D eigenvalue weighted by Gasteiger charge is -2.17. The van der Waals surface area contributed by atoms with Crippen LogP contribution in [-0.4, -0.2) is 28.4 Å². The second-order valence-electron chi connectivity index (χ2n) is 5.34. The zero-order chi connectivity index (χ0) is 17.8. The summed E-state index contributed by atoms with van der Waals surface area (Å²) in [5.74, 6) is -2.26. The van der Waals surface area contributed by atoms with Gasteiger partial charge in [-0.1, -0.05) is 13.2 Å². The zero-order valence-electron chi connectivity index (χ0n) is 13.2. The summed E-state index contributed by atoms with van der Waals surface area (Å²) in [7, 11) is 0. The van der Waals surface area contributed by atoms with Gasteiger partial charge in [-0.15, -0.1) is 0 Å². The number of carbonyl (C=O) groups excluding carboxylic acids is 3. The Balaban J connectivity index is 3.28. The van der Waals surface area contributed by atoms with Crippen LogP contribution in [0.4, 0.5) is 0 Å². The summed E-state index contributed by atoms with van der Waals surface area (Å²) in [5, 5.41) is 9.78. The van der Waals surface area contributed by atoms with E-state index >= 15 is 0 Å². The molecule has 0 heterocycles. The molecular weight excluding hydrogens is 300 g/mol. The summed E-state index contributed by atoms with van der Waals surface area (Å²) in [6.07, 6.45) is 0.925. The zero-order valence-corrected chi connectivity index (χ0v) is 13.2. The highest BCUT2D eigenvalue weighted by atomic mass is 16.6. The molecule has 0 bridgehead atoms. The molecule has 1 aromatic rings. The van der Waals surface area contributed by atoms with E-state index in [4.69, 9.17) is 9.47 Å². The number of ketones is 1. The Bertz CT molecular complexity index is 679. The lowest BCUT2D eigenvalue weighted by molar-refractivity contribution is -0.132. The normalized spacial score (nSPS) is 10.6. The largest absolute Gasteiger partial charge is 0.419 e. The van der Waals surface area contributed by atoms with Crippen LogP contribution in [0.2, 0.25) is 0 Å². The van der Waals surface area contributed by atoms with Crippen LogP contribution in [0.5, 0.6) is 11.5 Å². The molecule has 1 aromatic carbocycles. The van der Waals surface area contributed by atoms with Gasteiger partial charge in [-0.25, -0.2) is 9.59 Å². The van der Waals surface area contributed by atoms with Crippen LogP contribution in [0.25, 0.3) is 0 Å². The molecule has 0 aliphatic rings. The van der Waals surface area contributed by atoms with Crippen molar-refractivity contribution in [3.8, 4) is 11.5 Å². The van der Waals surface area contributed by atoms with Crippen molar-refractivity contribution < 1.29 is 29.0 Å². The number of Topliss-reactive ketones (excluding diaryl/α,β-unsaturated/α-hetero) is 1. The molecule has 0 saturated carbocycles. The molecule has 0 amide bonds. The minimum absolute atomic E-state index is 0.0551. The van der Waals surface area contributed by atoms with Crippen LogP contribution >= 0.6 is 0 Å². The van der Waals surface area contributed by atoms with E-state index in [1.54, 1.807) is 0 Å². The van der Waals surface area contributed by atoms with Gasteiger partial charge < -0.3 is 14.6 Å². The van der Waals surface area contributed by atoms with Crippen LogP contribution in [0.3, 0.4) is 0 Å². The van der Waals surface area contributed by atoms with Gasteiger partial charge in [-0.05, 0) is 39.0 Å². The first-order valence-corrected chi connectivity index (χ1v) is 6.69. The summed E-state index contributed by atoms with van der Waals surface area (Å²) >= 11 is 0. The summed E-state index contributed by atoms with van der Waals surface area (Å²) in [6.45, 7) is 10.8. The van der Waals surface area contributed by atoms with Gasteiger partial charge in [0.25, 0.3) is 0 Å². The molecule has 0 spiro atoms. The fraction of sp³-hybridized carbons (Fsp3) is 0.235. The second-order valence-corrected chi connectivity index (χ2v) is 5.34. The Labute approximate surface area is 134 Å². The van der Waals surface area contributed by atoms with Gasteiger partial charge in [-0.3, -0.25) is 4.79 Å². The van der Waals surface area contributed by atoms with E-state index in [-0.39, 0.29) is 22.6 Å². The van der Waals surface area contributed by atoms with E-state index in [2.05, 4.69) is 13.2 Å². The van der Waals surface area contributed by atoms with Crippen molar-refractivity contribution in [1.29, 1.82) is 0 Å². The molecule has 0 unspecified atom stereocenters. The fourth-order valence-electron chi connectivity index (χ4n) is 1.50. The first-order valence-electron chi connectivity index (χ1n) is 6.69. The average molecular weight is 318 g/mol. The quantitative estimate of drug-likeness (QED) is 0.374. The van der Waals surface area contributed by atoms with Gasteiger partial charge in [0.2, 0.25) is 0 Å². The van der Waals surface area contributed by atoms with Gasteiger partial charge in [0.15, 0.2) is 17.3 Å². The summed E-state index contributed by atoms with van der Waals surface area (Å²) in [5.41, 5.74) is -1.35. The topological polar surface area (TPSA) is 89.9 Å². The van der Waals surface area contributed by atoms with Crippen molar-refractivity contribution >= 4 is 17.7 Å². The van der Waals surface area contributed by atoms with Crippen molar-refractivity contribution in [3.05, 3.63) is 48.6 Å². The molecule has 1 N–H and O–H groups in total. The van der Waals surface area contributed by atoms with Crippen LogP contribution in [0, 0.1) is 0 Å². The predicted octanol–water partition coefficient (Wildman–Crippen LogP) is 2.21. The highest BCUT2D eigenvalue weighted by Crippen LogP contribution is 2.30. The van der Waals surface area contributed by atoms with Crippen molar-refractivity contribution in [2.75, 3.05) is 0 Å². The maximum absolute atomic E-state index is 12.1. The van der Waals surface area contributed by atoms with Gasteiger partial charge >= 0.3 is 11.9 Å². The Morgan fingerprint density at radius 2 is 1.78 bits per heavy atom. The summed E-state index contributed by atoms with van der Waals surface area (Å²) in [4.78, 5) is 35.1. The maximum atomic E-state index is 12.1. The molecular formula is C17H18O6. The third kappa shape index (κ3) is 4.89. The molecule has 0 aliphatic carbocycles. The molecule has 122 valence electrons. The van der Waals surface area contributed by atoms with Crippen molar-refractivity contribution in [2.45, 2.75) is 26.4 Å². The van der Waals surface area contributed by atoms with Crippen LogP contribution in [0.15, 0.2) is 43.0 Å². The molecule has 6 heteroatoms. The van der Waals surface area contributed by atoms with E-state index in [0.717, 1.165) is 6.08 Å². The molecule has 0 aromatic heterocycles. The summed E-state index contributed by atoms with van der Waals surface area (Å²) < 4.78 is 10.0. The Morgan fingerprint density at radius 3 is 2.26 bits per heavy atom. The number of benzene rings is 1. The lowest BCUT2D eigenvalue weighted by atomic mass is 9.96. The van der Waals surface area contributed by atoms with Crippen molar-refractivity contribution in [2.24, 2.45) is 0 Å². The number of hydrogen-bond acceptors (Lipinski definition) is 6. The minimum Gasteiger partial charge on any atom is -0.419 e. The molecule has 0 aliphatic heterocycles. The molecule has 1 rings (SSSR count). The third-order valence-electron chi connectivity index (χ3n) is 2.69. The fourth-order valence-corrected chi connectivity index (χ4v) is 1.50. The Hall–Kier alpha value is -2.73. The van der Waals surface area contributed by atoms with Crippen molar-refractivity contribution in [1.82, 2.24) is 0 Å².